The van der Waals surface area contributed by atoms with Crippen LogP contribution in [0.15, 0.2) is 29.4 Å². The minimum Gasteiger partial charge on any atom is -0.389 e. The van der Waals surface area contributed by atoms with Crippen LogP contribution in [0.4, 0.5) is 0 Å². The number of rotatable bonds is 1. The van der Waals surface area contributed by atoms with Gasteiger partial charge in [-0.1, -0.05) is 51.8 Å². The Bertz CT molecular complexity index is 1850. The van der Waals surface area contributed by atoms with Crippen LogP contribution in [-0.2, 0) is 37.2 Å². The Hall–Kier alpha value is -1.96. The molecule has 2 N–H and O–H groups in total. The number of benzene rings is 1. The van der Waals surface area contributed by atoms with Gasteiger partial charge < -0.3 is 29.0 Å². The summed E-state index contributed by atoms with van der Waals surface area (Å²) < 4.78 is 26.8. The summed E-state index contributed by atoms with van der Waals surface area (Å²) in [5, 5.41) is 15.0. The maximum Gasteiger partial charge on any atom is 0.178 e. The second-order valence-electron chi connectivity index (χ2n) is 19.7. The van der Waals surface area contributed by atoms with Gasteiger partial charge in [-0.25, -0.2) is 0 Å². The van der Waals surface area contributed by atoms with Gasteiger partial charge in [0.05, 0.1) is 35.1 Å². The second kappa shape index (κ2) is 10.8. The van der Waals surface area contributed by atoms with E-state index in [4.69, 9.17) is 18.9 Å². The molecule has 278 valence electrons. The van der Waals surface area contributed by atoms with Crippen LogP contribution in [0.2, 0.25) is 0 Å². The molecule has 51 heavy (non-hydrogen) atoms. The Morgan fingerprint density at radius 1 is 0.941 bits per heavy atom. The first-order valence-electron chi connectivity index (χ1n) is 20.4. The molecule has 3 saturated carbocycles. The van der Waals surface area contributed by atoms with E-state index in [1.54, 1.807) is 0 Å². The van der Waals surface area contributed by atoms with E-state index in [0.29, 0.717) is 11.8 Å². The third kappa shape index (κ3) is 4.24. The molecule has 5 aliphatic carbocycles. The number of ether oxygens (including phenoxy) is 4. The fourth-order valence-corrected chi connectivity index (χ4v) is 13.6. The first-order valence-corrected chi connectivity index (χ1v) is 20.4. The minimum atomic E-state index is -0.834. The van der Waals surface area contributed by atoms with E-state index in [9.17, 15) is 5.11 Å². The zero-order chi connectivity index (χ0) is 36.3. The highest BCUT2D eigenvalue weighted by atomic mass is 16.7. The molecular formula is C45H63NO5. The van der Waals surface area contributed by atoms with E-state index in [1.165, 1.54) is 50.9 Å². The van der Waals surface area contributed by atoms with E-state index < -0.39 is 11.2 Å². The Labute approximate surface area is 306 Å². The van der Waals surface area contributed by atoms with Crippen molar-refractivity contribution in [2.75, 3.05) is 0 Å². The molecule has 3 aliphatic heterocycles. The predicted molar refractivity (Wildman–Crippen MR) is 203 cm³/mol. The fourth-order valence-electron chi connectivity index (χ4n) is 13.6. The number of hydrogen-bond donors (Lipinski definition) is 2. The summed E-state index contributed by atoms with van der Waals surface area (Å²) in [6.07, 6.45) is 12.3. The summed E-state index contributed by atoms with van der Waals surface area (Å²) >= 11 is 0. The predicted octanol–water partition coefficient (Wildman–Crippen LogP) is 9.35. The molecule has 8 aliphatic rings. The molecular weight excluding hydrogens is 634 g/mol. The van der Waals surface area contributed by atoms with Gasteiger partial charge in [0, 0.05) is 38.8 Å². The highest BCUT2D eigenvalue weighted by Gasteiger charge is 2.85. The van der Waals surface area contributed by atoms with Crippen LogP contribution in [0, 0.1) is 28.6 Å². The number of aromatic amines is 1. The Kier molecular flexibility index (Phi) is 7.39. The number of hydrogen-bond acceptors (Lipinski definition) is 5. The van der Waals surface area contributed by atoms with Crippen molar-refractivity contribution in [1.29, 1.82) is 0 Å². The molecule has 0 amide bonds. The van der Waals surface area contributed by atoms with Gasteiger partial charge in [-0.2, -0.15) is 0 Å². The molecule has 4 heterocycles. The highest BCUT2D eigenvalue weighted by molar-refractivity contribution is 5.93. The highest BCUT2D eigenvalue weighted by Crippen LogP contribution is 2.81. The summed E-state index contributed by atoms with van der Waals surface area (Å²) in [4.78, 5) is 4.07. The average molecular weight is 698 g/mol. The van der Waals surface area contributed by atoms with E-state index in [-0.39, 0.29) is 58.5 Å². The first-order chi connectivity index (χ1) is 24.0. The summed E-state index contributed by atoms with van der Waals surface area (Å²) in [5.74, 6) is 1.19. The fraction of sp³-hybridized carbons (Fsp3) is 0.733. The topological polar surface area (TPSA) is 72.9 Å². The number of nitrogens with one attached hydrogen (secondary N) is 1. The van der Waals surface area contributed by atoms with Crippen molar-refractivity contribution in [2.24, 2.45) is 28.6 Å². The number of H-pyrrole nitrogens is 1. The number of aromatic nitrogens is 1. The average Bonchev–Trinajstić information content (AvgIpc) is 3.54. The molecule has 0 radical (unpaired) electrons. The number of fused-ring (bicyclic) bond motifs is 12. The maximum atomic E-state index is 13.6. The van der Waals surface area contributed by atoms with Gasteiger partial charge in [0.2, 0.25) is 0 Å². The molecule has 6 fully saturated rings. The van der Waals surface area contributed by atoms with Crippen LogP contribution in [0.5, 0.6) is 0 Å². The van der Waals surface area contributed by atoms with Gasteiger partial charge in [-0.3, -0.25) is 0 Å². The first kappa shape index (κ1) is 34.8. The van der Waals surface area contributed by atoms with Crippen LogP contribution in [-0.4, -0.2) is 57.6 Å². The lowest BCUT2D eigenvalue weighted by Crippen LogP contribution is -2.74. The maximum absolute atomic E-state index is 13.6. The molecule has 5 unspecified atom stereocenters. The van der Waals surface area contributed by atoms with Crippen LogP contribution in [0.3, 0.4) is 0 Å². The Balaban J connectivity index is 0.00000112. The quantitative estimate of drug-likeness (QED) is 0.291. The van der Waals surface area contributed by atoms with E-state index in [0.717, 1.165) is 44.9 Å². The molecule has 6 nitrogen and oxygen atoms in total. The van der Waals surface area contributed by atoms with Gasteiger partial charge >= 0.3 is 0 Å². The van der Waals surface area contributed by atoms with Gasteiger partial charge in [0.25, 0.3) is 0 Å². The molecule has 1 aromatic heterocycles. The summed E-state index contributed by atoms with van der Waals surface area (Å²) in [6, 6.07) is 4.65. The van der Waals surface area contributed by atoms with Crippen LogP contribution in [0.1, 0.15) is 137 Å². The second-order valence-corrected chi connectivity index (χ2v) is 19.7. The van der Waals surface area contributed by atoms with Crippen LogP contribution < -0.4 is 0 Å². The molecule has 1 aromatic carbocycles. The molecule has 12 atom stereocenters. The molecule has 6 heteroatoms. The van der Waals surface area contributed by atoms with Crippen LogP contribution >= 0.6 is 0 Å². The van der Waals surface area contributed by atoms with Crippen molar-refractivity contribution in [1.82, 2.24) is 4.98 Å². The number of allylic oxidation sites excluding steroid dienone is 1. The Morgan fingerprint density at radius 3 is 2.41 bits per heavy atom. The number of aliphatic hydroxyl groups is 1. The van der Waals surface area contributed by atoms with Gasteiger partial charge in [-0.05, 0) is 140 Å². The molecule has 2 aromatic rings. The lowest BCUT2D eigenvalue weighted by molar-refractivity contribution is -0.361. The zero-order valence-corrected chi connectivity index (χ0v) is 33.2. The third-order valence-electron chi connectivity index (χ3n) is 16.0. The Morgan fingerprint density at radius 2 is 1.69 bits per heavy atom. The molecule has 3 saturated heterocycles. The summed E-state index contributed by atoms with van der Waals surface area (Å²) in [6.45, 7) is 24.5. The monoisotopic (exact) mass is 697 g/mol. The molecule has 10 rings (SSSR count). The van der Waals surface area contributed by atoms with Crippen molar-refractivity contribution in [3.63, 3.8) is 0 Å². The van der Waals surface area contributed by atoms with Gasteiger partial charge in [-0.15, -0.1) is 0 Å². The van der Waals surface area contributed by atoms with Crippen molar-refractivity contribution < 1.29 is 24.1 Å². The smallest absolute Gasteiger partial charge is 0.178 e. The van der Waals surface area contributed by atoms with E-state index in [2.05, 4.69) is 105 Å². The van der Waals surface area contributed by atoms with E-state index in [1.807, 2.05) is 0 Å². The SMILES string of the molecule is CC(C)=C[C@H]1O[C@@H]2C(OC3CC[C@@]4(C)[C@@](O)(CCC5Cc6c([nH]c7ccc8c(c67)CC6C(=C8)C(C)OC6(C)C)[C@@]54C)[C@]34C[C@H]24)C(C)(C)O1.CCC. The standard InChI is InChI=1S/C42H55NO5.C3H8/c1-21(2)16-32-46-34-29-20-41(29)31(45-36(34)38(6,7)48-32)13-14-39(8)40(9)24(12-15-42(39,41)44)18-27-33-26-19-28-25(22(3)47-37(28,4)5)17-23(26)10-11-30(33)43-35(27)40;1-3-2/h10-11,16-17,22,24,28-29,31-32,34,36,43-44H,12-15,18-20H2,1-9H3;3H2,1-2H3/t22?,24?,28?,29-,31?,32+,34+,36?,39-,40-,41+,42+;/m1./s1. The third-order valence-corrected chi connectivity index (χ3v) is 16.0. The lowest BCUT2D eigenvalue weighted by Gasteiger charge is -2.68. The van der Waals surface area contributed by atoms with Crippen molar-refractivity contribution >= 4 is 17.0 Å². The van der Waals surface area contributed by atoms with Crippen molar-refractivity contribution in [3.05, 3.63) is 51.7 Å². The molecule has 1 spiro atoms. The van der Waals surface area contributed by atoms with Crippen molar-refractivity contribution in [2.45, 2.75) is 180 Å². The van der Waals surface area contributed by atoms with Crippen molar-refractivity contribution in [3.8, 4) is 0 Å². The minimum absolute atomic E-state index is 0.0319. The largest absolute Gasteiger partial charge is 0.389 e. The molecule has 0 bridgehead atoms. The normalized spacial score (nSPS) is 46.0. The van der Waals surface area contributed by atoms with Gasteiger partial charge in [0.15, 0.2) is 6.29 Å². The van der Waals surface area contributed by atoms with E-state index >= 15 is 0 Å². The zero-order valence-electron chi connectivity index (χ0n) is 33.2. The van der Waals surface area contributed by atoms with Gasteiger partial charge in [0.1, 0.15) is 6.10 Å². The summed E-state index contributed by atoms with van der Waals surface area (Å²) in [7, 11) is 0. The van der Waals surface area contributed by atoms with Crippen LogP contribution in [0.25, 0.3) is 17.0 Å². The summed E-state index contributed by atoms with van der Waals surface area (Å²) in [5.41, 5.74) is 7.50. The lowest BCUT2D eigenvalue weighted by atomic mass is 9.40.